The smallest absolute Gasteiger partial charge is 0.550 e. The number of carbonyl (C=O) groups is 6. The molecule has 0 saturated heterocycles. The van der Waals surface area contributed by atoms with E-state index in [1.165, 1.54) is 0 Å². The number of hydrogen-bond acceptors (Lipinski definition) is 10. The number of aliphatic carboxylic acids is 4. The molecule has 6 atom stereocenters. The van der Waals surface area contributed by atoms with Gasteiger partial charge in [0.1, 0.15) is 24.9 Å². The van der Waals surface area contributed by atoms with Gasteiger partial charge < -0.3 is 59.8 Å². The van der Waals surface area contributed by atoms with Gasteiger partial charge in [0.25, 0.3) is 0 Å². The molecule has 6 N–H and O–H groups in total. The molecule has 0 rings (SSSR count). The summed E-state index contributed by atoms with van der Waals surface area (Å²) in [5, 5.41) is 66.8. The van der Waals surface area contributed by atoms with Gasteiger partial charge >= 0.3 is 49.7 Å². The first-order valence-corrected chi connectivity index (χ1v) is 21.1. The summed E-state index contributed by atoms with van der Waals surface area (Å²) in [6.07, 6.45) is 13.4. The van der Waals surface area contributed by atoms with Crippen molar-refractivity contribution in [2.75, 3.05) is 78.7 Å². The molecule has 0 bridgehead atoms. The summed E-state index contributed by atoms with van der Waals surface area (Å²) in [5.41, 5.74) is 0. The first-order valence-electron chi connectivity index (χ1n) is 21.1. The Labute approximate surface area is 382 Å². The molecule has 0 spiro atoms. The Morgan fingerprint density at radius 3 is 1.07 bits per heavy atom. The topological polar surface area (TPSA) is 254 Å². The summed E-state index contributed by atoms with van der Waals surface area (Å²) in [7, 11) is 0. The van der Waals surface area contributed by atoms with E-state index in [0.717, 1.165) is 25.7 Å². The summed E-state index contributed by atoms with van der Waals surface area (Å²) in [6, 6.07) is 0. The second-order valence-corrected chi connectivity index (χ2v) is 15.1. The Morgan fingerprint density at radius 1 is 0.525 bits per heavy atom. The standard InChI is InChI=1S/2C21H38N2O6.Ca/c2*1-4-7-8-9-10-19(25)22-11-12-23(13-14-24,15-17(5-2)20(26)27)16-18(6-3)21(28)29;/h2*8-9,17-18,24H,4-7,10-16H2,1-3H3,(H2-,22,25,26,27,28,29);/q;;+2/b2*9-8+;. The molecule has 2 amide bonds. The monoisotopic (exact) mass is 869 g/mol. The number of aliphatic hydroxyl groups excluding tert-OH is 2. The van der Waals surface area contributed by atoms with Crippen LogP contribution in [0.2, 0.25) is 0 Å². The number of amides is 2. The maximum absolute atomic E-state index is 12.0. The molecular weight excluding hydrogens is 793 g/mol. The van der Waals surface area contributed by atoms with Crippen LogP contribution in [0.3, 0.4) is 0 Å². The van der Waals surface area contributed by atoms with E-state index in [0.29, 0.717) is 38.8 Å². The fourth-order valence-corrected chi connectivity index (χ4v) is 6.86. The SMILES string of the molecule is CCC/C=C/CC(=O)NCC[N+](CCO)(CC(CC)C(=O)[O-])CC(CC)C(=O)O.CCC/C=C/CC(=O)NCC[N+](CCO)(CC(CC)C(=O)[O-])CC(CC)C(=O)O.[Ca+2]. The normalized spacial score (nSPS) is 15.3. The third-order valence-corrected chi connectivity index (χ3v) is 10.6. The van der Waals surface area contributed by atoms with Crippen molar-refractivity contribution < 1.29 is 68.4 Å². The minimum absolute atomic E-state index is 0. The number of nitrogens with one attached hydrogen (secondary N) is 2. The van der Waals surface area contributed by atoms with E-state index >= 15 is 0 Å². The van der Waals surface area contributed by atoms with E-state index in [4.69, 9.17) is 0 Å². The van der Waals surface area contributed by atoms with Gasteiger partial charge in [-0.1, -0.05) is 78.7 Å². The Kier molecular flexibility index (Phi) is 37.1. The minimum Gasteiger partial charge on any atom is -0.550 e. The van der Waals surface area contributed by atoms with Gasteiger partial charge in [0.15, 0.2) is 0 Å². The Bertz CT molecular complexity index is 1120. The molecule has 0 fully saturated rings. The van der Waals surface area contributed by atoms with Gasteiger partial charge in [-0.3, -0.25) is 19.2 Å². The molecule has 0 aliphatic carbocycles. The van der Waals surface area contributed by atoms with Crippen LogP contribution in [0.25, 0.3) is 0 Å². The van der Waals surface area contributed by atoms with Gasteiger partial charge in [0.05, 0.1) is 77.5 Å². The second kappa shape index (κ2) is 36.1. The van der Waals surface area contributed by atoms with Crippen molar-refractivity contribution in [2.24, 2.45) is 23.7 Å². The molecule has 6 unspecified atom stereocenters. The number of carboxylic acids is 4. The van der Waals surface area contributed by atoms with Crippen molar-refractivity contribution in [1.82, 2.24) is 10.6 Å². The molecule has 16 nitrogen and oxygen atoms in total. The van der Waals surface area contributed by atoms with Crippen molar-refractivity contribution >= 4 is 73.4 Å². The van der Waals surface area contributed by atoms with E-state index in [-0.39, 0.29) is 137 Å². The van der Waals surface area contributed by atoms with E-state index in [1.807, 2.05) is 24.3 Å². The average molecular weight is 869 g/mol. The van der Waals surface area contributed by atoms with Crippen molar-refractivity contribution in [3.8, 4) is 0 Å². The number of carbonyl (C=O) groups excluding carboxylic acids is 4. The van der Waals surface area contributed by atoms with E-state index in [9.17, 15) is 59.4 Å². The molecule has 0 aliphatic heterocycles. The number of allylic oxidation sites excluding steroid dienone is 2. The van der Waals surface area contributed by atoms with Crippen LogP contribution in [-0.4, -0.2) is 181 Å². The summed E-state index contributed by atoms with van der Waals surface area (Å²) >= 11 is 0. The molecule has 0 aliphatic rings. The first-order chi connectivity index (χ1) is 27.5. The number of hydrogen-bond donors (Lipinski definition) is 6. The summed E-state index contributed by atoms with van der Waals surface area (Å²) in [5.74, 6) is -7.35. The van der Waals surface area contributed by atoms with Gasteiger partial charge in [-0.05, 0) is 38.5 Å². The van der Waals surface area contributed by atoms with E-state index < -0.39 is 47.5 Å². The van der Waals surface area contributed by atoms with Crippen LogP contribution < -0.4 is 20.8 Å². The minimum atomic E-state index is -1.18. The third-order valence-electron chi connectivity index (χ3n) is 10.6. The van der Waals surface area contributed by atoms with Crippen LogP contribution >= 0.6 is 0 Å². The number of unbranched alkanes of at least 4 members (excludes halogenated alkanes) is 2. The van der Waals surface area contributed by atoms with Crippen molar-refractivity contribution in [3.05, 3.63) is 24.3 Å². The molecule has 0 aromatic heterocycles. The third kappa shape index (κ3) is 27.8. The quantitative estimate of drug-likeness (QED) is 0.0297. The predicted molar refractivity (Wildman–Crippen MR) is 223 cm³/mol. The average Bonchev–Trinajstić information content (AvgIpc) is 3.17. The molecule has 17 heteroatoms. The van der Waals surface area contributed by atoms with Crippen LogP contribution in [0.4, 0.5) is 0 Å². The van der Waals surface area contributed by atoms with Crippen LogP contribution in [0.1, 0.15) is 106 Å². The van der Waals surface area contributed by atoms with Gasteiger partial charge in [0.2, 0.25) is 11.8 Å². The molecule has 0 radical (unpaired) electrons. The Morgan fingerprint density at radius 2 is 0.831 bits per heavy atom. The summed E-state index contributed by atoms with van der Waals surface area (Å²) in [6.45, 7) is 13.1. The van der Waals surface area contributed by atoms with Gasteiger partial charge in [-0.2, -0.15) is 0 Å². The molecular formula is C42H76CaN4O12+2. The first kappa shape index (κ1) is 60.7. The van der Waals surface area contributed by atoms with Crippen LogP contribution in [-0.2, 0) is 28.8 Å². The second-order valence-electron chi connectivity index (χ2n) is 15.1. The molecule has 59 heavy (non-hydrogen) atoms. The largest absolute Gasteiger partial charge is 2.00 e. The summed E-state index contributed by atoms with van der Waals surface area (Å²) in [4.78, 5) is 70.1. The molecule has 336 valence electrons. The van der Waals surface area contributed by atoms with Crippen LogP contribution in [0, 0.1) is 23.7 Å². The Hall–Kier alpha value is -2.60. The molecule has 0 saturated carbocycles. The summed E-state index contributed by atoms with van der Waals surface area (Å²) < 4.78 is 0.222. The fourth-order valence-electron chi connectivity index (χ4n) is 6.86. The maximum Gasteiger partial charge on any atom is 2.00 e. The van der Waals surface area contributed by atoms with Crippen LogP contribution in [0.15, 0.2) is 24.3 Å². The van der Waals surface area contributed by atoms with Crippen molar-refractivity contribution in [3.63, 3.8) is 0 Å². The molecule has 0 aromatic rings. The number of aliphatic hydroxyl groups is 2. The van der Waals surface area contributed by atoms with E-state index in [2.05, 4.69) is 24.5 Å². The van der Waals surface area contributed by atoms with Crippen molar-refractivity contribution in [2.45, 2.75) is 106 Å². The van der Waals surface area contributed by atoms with E-state index in [1.54, 1.807) is 27.7 Å². The molecule has 0 heterocycles. The maximum atomic E-state index is 12.0. The number of carboxylic acid groups (broad SMARTS) is 4. The van der Waals surface area contributed by atoms with Crippen molar-refractivity contribution in [1.29, 1.82) is 0 Å². The number of nitrogens with zero attached hydrogens (tertiary/aromatic N) is 2. The van der Waals surface area contributed by atoms with Gasteiger partial charge in [0, 0.05) is 24.7 Å². The number of quaternary nitrogens is 2. The Balaban J connectivity index is -0.00000105. The number of rotatable bonds is 34. The fraction of sp³-hybridized carbons (Fsp3) is 0.762. The predicted octanol–water partition coefficient (Wildman–Crippen LogP) is 0.709. The van der Waals surface area contributed by atoms with Crippen LogP contribution in [0.5, 0.6) is 0 Å². The zero-order chi connectivity index (χ0) is 44.6. The molecule has 0 aromatic carbocycles. The zero-order valence-electron chi connectivity index (χ0n) is 36.8. The van der Waals surface area contributed by atoms with Gasteiger partial charge in [-0.15, -0.1) is 0 Å². The zero-order valence-corrected chi connectivity index (χ0v) is 39.0. The van der Waals surface area contributed by atoms with Gasteiger partial charge in [-0.25, -0.2) is 0 Å².